The molecule has 0 bridgehead atoms. The summed E-state index contributed by atoms with van der Waals surface area (Å²) >= 11 is 0. The van der Waals surface area contributed by atoms with E-state index in [1.807, 2.05) is 6.08 Å². The molecule has 5 heteroatoms. The first-order chi connectivity index (χ1) is 14.7. The molecule has 0 aliphatic carbocycles. The molecule has 1 rings (SSSR count). The lowest BCUT2D eigenvalue weighted by Crippen LogP contribution is -2.55. The maximum absolute atomic E-state index is 9.99. The molecule has 0 aromatic carbocycles. The van der Waals surface area contributed by atoms with Crippen LogP contribution in [-0.2, 0) is 9.47 Å². The monoisotopic (exact) mass is 428 g/mol. The molecular weight excluding hydrogens is 380 g/mol. The minimum atomic E-state index is -1.02. The Hall–Kier alpha value is -0.460. The molecule has 1 fully saturated rings. The lowest BCUT2D eigenvalue weighted by molar-refractivity contribution is -0.208. The quantitative estimate of drug-likeness (QED) is 0.201. The van der Waals surface area contributed by atoms with E-state index in [0.717, 1.165) is 6.42 Å². The first-order valence-electron chi connectivity index (χ1n) is 12.6. The molecule has 0 unspecified atom stereocenters. The smallest absolute Gasteiger partial charge is 0.115 e. The van der Waals surface area contributed by atoms with Gasteiger partial charge in [0.1, 0.15) is 24.4 Å². The molecule has 1 heterocycles. The van der Waals surface area contributed by atoms with Gasteiger partial charge in [0.05, 0.1) is 19.8 Å². The van der Waals surface area contributed by atoms with Gasteiger partial charge in [-0.05, 0) is 12.8 Å². The van der Waals surface area contributed by atoms with Crippen LogP contribution in [-0.4, -0.2) is 59.6 Å². The van der Waals surface area contributed by atoms with Crippen molar-refractivity contribution in [2.24, 2.45) is 0 Å². The van der Waals surface area contributed by atoms with E-state index in [4.69, 9.17) is 9.47 Å². The summed E-state index contributed by atoms with van der Waals surface area (Å²) in [6, 6.07) is 0. The van der Waals surface area contributed by atoms with Crippen molar-refractivity contribution in [2.75, 3.05) is 19.8 Å². The van der Waals surface area contributed by atoms with E-state index in [-0.39, 0.29) is 13.2 Å². The summed E-state index contributed by atoms with van der Waals surface area (Å²) < 4.78 is 10.9. The van der Waals surface area contributed by atoms with Crippen LogP contribution >= 0.6 is 0 Å². The Kier molecular flexibility index (Phi) is 17.7. The normalized spacial score (nSPS) is 24.7. The molecule has 0 aromatic heterocycles. The van der Waals surface area contributed by atoms with Crippen LogP contribution in [0.1, 0.15) is 103 Å². The van der Waals surface area contributed by atoms with Gasteiger partial charge in [0.25, 0.3) is 0 Å². The highest BCUT2D eigenvalue weighted by molar-refractivity contribution is 4.89. The number of ether oxygens (including phenoxy) is 2. The Bertz CT molecular complexity index is 399. The zero-order chi connectivity index (χ0) is 21.9. The molecule has 1 aliphatic heterocycles. The van der Waals surface area contributed by atoms with E-state index in [1.165, 1.54) is 89.9 Å². The van der Waals surface area contributed by atoms with Crippen LogP contribution < -0.4 is 0 Å². The van der Waals surface area contributed by atoms with Crippen LogP contribution in [0.2, 0.25) is 0 Å². The molecule has 1 aliphatic rings. The number of unbranched alkanes of at least 4 members (excludes halogenated alkanes) is 14. The Labute approximate surface area is 184 Å². The summed E-state index contributed by atoms with van der Waals surface area (Å²) in [7, 11) is 0. The van der Waals surface area contributed by atoms with Gasteiger partial charge < -0.3 is 24.8 Å². The van der Waals surface area contributed by atoms with Crippen LogP contribution in [0.3, 0.4) is 0 Å². The van der Waals surface area contributed by atoms with Crippen molar-refractivity contribution in [3.05, 3.63) is 12.2 Å². The van der Waals surface area contributed by atoms with Gasteiger partial charge in [-0.3, -0.25) is 0 Å². The fourth-order valence-electron chi connectivity index (χ4n) is 4.03. The maximum atomic E-state index is 9.99. The predicted octanol–water partition coefficient (Wildman–Crippen LogP) is 4.91. The van der Waals surface area contributed by atoms with Crippen LogP contribution in [0.5, 0.6) is 0 Å². The van der Waals surface area contributed by atoms with E-state index < -0.39 is 24.4 Å². The van der Waals surface area contributed by atoms with Gasteiger partial charge in [-0.15, -0.1) is 0 Å². The van der Waals surface area contributed by atoms with Gasteiger partial charge >= 0.3 is 0 Å². The molecule has 178 valence electrons. The standard InChI is InChI=1S/C25H48O5/c1-2-3-4-5-6-7-8-9-10-11-12-13-14-15-16-17-18-19-29-25-23(20-26)30-21-22(27)24(25)28/h17-18,22-28H,2-16,19-21H2,1H3/b18-17+/t22-,23+,24+,25+/m1/s1. The van der Waals surface area contributed by atoms with Gasteiger partial charge in [-0.1, -0.05) is 103 Å². The van der Waals surface area contributed by atoms with E-state index >= 15 is 0 Å². The van der Waals surface area contributed by atoms with E-state index in [2.05, 4.69) is 13.0 Å². The predicted molar refractivity (Wildman–Crippen MR) is 123 cm³/mol. The Morgan fingerprint density at radius 1 is 0.800 bits per heavy atom. The summed E-state index contributed by atoms with van der Waals surface area (Å²) in [6.07, 6.45) is 21.0. The minimum absolute atomic E-state index is 0.0290. The van der Waals surface area contributed by atoms with Crippen molar-refractivity contribution in [1.82, 2.24) is 0 Å². The average Bonchev–Trinajstić information content (AvgIpc) is 2.75. The van der Waals surface area contributed by atoms with Crippen LogP contribution in [0.15, 0.2) is 12.2 Å². The van der Waals surface area contributed by atoms with Gasteiger partial charge in [0.2, 0.25) is 0 Å². The van der Waals surface area contributed by atoms with Crippen molar-refractivity contribution in [2.45, 2.75) is 128 Å². The second kappa shape index (κ2) is 19.2. The van der Waals surface area contributed by atoms with E-state index in [9.17, 15) is 15.3 Å². The second-order valence-electron chi connectivity index (χ2n) is 8.77. The van der Waals surface area contributed by atoms with Crippen molar-refractivity contribution >= 4 is 0 Å². The summed E-state index contributed by atoms with van der Waals surface area (Å²) in [4.78, 5) is 0. The van der Waals surface area contributed by atoms with Crippen LogP contribution in [0.25, 0.3) is 0 Å². The molecular formula is C25H48O5. The van der Waals surface area contributed by atoms with Crippen molar-refractivity contribution in [3.8, 4) is 0 Å². The first-order valence-corrected chi connectivity index (χ1v) is 12.6. The number of aliphatic hydroxyl groups is 3. The van der Waals surface area contributed by atoms with Gasteiger partial charge in [0.15, 0.2) is 0 Å². The Balaban J connectivity index is 1.87. The fourth-order valence-corrected chi connectivity index (χ4v) is 4.03. The third-order valence-electron chi connectivity index (χ3n) is 6.03. The fraction of sp³-hybridized carbons (Fsp3) is 0.920. The summed E-state index contributed by atoms with van der Waals surface area (Å²) in [6.45, 7) is 2.43. The van der Waals surface area contributed by atoms with Gasteiger partial charge in [-0.2, -0.15) is 0 Å². The number of allylic oxidation sites excluding steroid dienone is 1. The summed E-state index contributed by atoms with van der Waals surface area (Å²) in [5.41, 5.74) is 0. The topological polar surface area (TPSA) is 79.2 Å². The van der Waals surface area contributed by atoms with Gasteiger partial charge in [0, 0.05) is 0 Å². The summed E-state index contributed by atoms with van der Waals surface area (Å²) in [5.74, 6) is 0. The molecule has 0 amide bonds. The van der Waals surface area contributed by atoms with Crippen molar-refractivity contribution in [1.29, 1.82) is 0 Å². The average molecular weight is 429 g/mol. The highest BCUT2D eigenvalue weighted by atomic mass is 16.6. The minimum Gasteiger partial charge on any atom is -0.394 e. The maximum Gasteiger partial charge on any atom is 0.115 e. The molecule has 5 nitrogen and oxygen atoms in total. The van der Waals surface area contributed by atoms with Crippen LogP contribution in [0.4, 0.5) is 0 Å². The third-order valence-corrected chi connectivity index (χ3v) is 6.03. The second-order valence-corrected chi connectivity index (χ2v) is 8.77. The van der Waals surface area contributed by atoms with E-state index in [1.54, 1.807) is 0 Å². The number of hydrogen-bond acceptors (Lipinski definition) is 5. The molecule has 0 saturated carbocycles. The Morgan fingerprint density at radius 3 is 1.87 bits per heavy atom. The van der Waals surface area contributed by atoms with Crippen molar-refractivity contribution < 1.29 is 24.8 Å². The van der Waals surface area contributed by atoms with Gasteiger partial charge in [-0.25, -0.2) is 0 Å². The molecule has 1 saturated heterocycles. The SMILES string of the molecule is CCCCCCCCCCCCCCCC/C=C/CO[C@@H]1[C@@H](O)[C@H](O)CO[C@H]1CO. The first kappa shape index (κ1) is 27.6. The third kappa shape index (κ3) is 13.1. The number of aliphatic hydroxyl groups excluding tert-OH is 3. The molecule has 0 spiro atoms. The Morgan fingerprint density at radius 2 is 1.33 bits per heavy atom. The zero-order valence-electron chi connectivity index (χ0n) is 19.4. The molecule has 3 N–H and O–H groups in total. The number of hydrogen-bond donors (Lipinski definition) is 3. The lowest BCUT2D eigenvalue weighted by Gasteiger charge is -2.37. The largest absolute Gasteiger partial charge is 0.394 e. The van der Waals surface area contributed by atoms with E-state index in [0.29, 0.717) is 6.61 Å². The molecule has 0 aromatic rings. The number of rotatable bonds is 19. The highest BCUT2D eigenvalue weighted by Crippen LogP contribution is 2.19. The molecule has 30 heavy (non-hydrogen) atoms. The van der Waals surface area contributed by atoms with Crippen molar-refractivity contribution in [3.63, 3.8) is 0 Å². The molecule has 4 atom stereocenters. The molecule has 0 radical (unpaired) electrons. The highest BCUT2D eigenvalue weighted by Gasteiger charge is 2.38. The summed E-state index contributed by atoms with van der Waals surface area (Å²) in [5, 5.41) is 29.0. The van der Waals surface area contributed by atoms with Crippen LogP contribution in [0, 0.1) is 0 Å². The lowest BCUT2D eigenvalue weighted by atomic mass is 10.0. The zero-order valence-corrected chi connectivity index (χ0v) is 19.4.